The van der Waals surface area contributed by atoms with E-state index in [9.17, 15) is 0 Å². The first-order valence-corrected chi connectivity index (χ1v) is 7.09. The average molecular weight is 280 g/mol. The maximum atomic E-state index is 6.20. The molecular formula is C15H22ClN3. The molecule has 1 fully saturated rings. The first-order valence-electron chi connectivity index (χ1n) is 6.71. The van der Waals surface area contributed by atoms with Crippen LogP contribution in [-0.4, -0.2) is 17.5 Å². The van der Waals surface area contributed by atoms with Gasteiger partial charge in [0.1, 0.15) is 0 Å². The fraction of sp³-hybridized carbons (Fsp3) is 0.533. The molecule has 104 valence electrons. The summed E-state index contributed by atoms with van der Waals surface area (Å²) in [4.78, 5) is 4.51. The van der Waals surface area contributed by atoms with E-state index in [1.165, 1.54) is 5.56 Å². The van der Waals surface area contributed by atoms with Gasteiger partial charge in [0.05, 0.1) is 6.04 Å². The van der Waals surface area contributed by atoms with Crippen LogP contribution in [0.5, 0.6) is 0 Å². The minimum atomic E-state index is -0.0422. The van der Waals surface area contributed by atoms with Crippen molar-refractivity contribution in [2.24, 2.45) is 10.7 Å². The Morgan fingerprint density at radius 3 is 2.53 bits per heavy atom. The van der Waals surface area contributed by atoms with Crippen LogP contribution >= 0.6 is 11.6 Å². The molecule has 0 radical (unpaired) electrons. The standard InChI is InChI=1S/C15H22ClN3/c1-15(2,3)19-14(17)18-11-8-10(9-11)12-6-4-5-7-13(12)16/h4-7,10-11H,8-9H2,1-3H3,(H3,17,18,19). The van der Waals surface area contributed by atoms with Crippen LogP contribution in [0.3, 0.4) is 0 Å². The van der Waals surface area contributed by atoms with Crippen molar-refractivity contribution in [2.75, 3.05) is 0 Å². The van der Waals surface area contributed by atoms with Crippen LogP contribution in [0.15, 0.2) is 29.3 Å². The fourth-order valence-corrected chi connectivity index (χ4v) is 2.66. The summed E-state index contributed by atoms with van der Waals surface area (Å²) < 4.78 is 0. The van der Waals surface area contributed by atoms with Gasteiger partial charge < -0.3 is 11.1 Å². The fourth-order valence-electron chi connectivity index (χ4n) is 2.37. The summed E-state index contributed by atoms with van der Waals surface area (Å²) in [6.45, 7) is 6.22. The summed E-state index contributed by atoms with van der Waals surface area (Å²) in [6.07, 6.45) is 2.05. The number of nitrogens with two attached hydrogens (primary N) is 1. The molecule has 1 aliphatic rings. The number of rotatable bonds is 2. The van der Waals surface area contributed by atoms with Crippen LogP contribution in [0.25, 0.3) is 0 Å². The first-order chi connectivity index (χ1) is 8.85. The number of nitrogens with one attached hydrogen (secondary N) is 1. The third kappa shape index (κ3) is 3.87. The number of nitrogens with zero attached hydrogens (tertiary/aromatic N) is 1. The molecule has 4 heteroatoms. The number of guanidine groups is 1. The lowest BCUT2D eigenvalue weighted by molar-refractivity contribution is 0.351. The summed E-state index contributed by atoms with van der Waals surface area (Å²) in [5.74, 6) is 1.06. The topological polar surface area (TPSA) is 50.4 Å². The minimum absolute atomic E-state index is 0.0422. The van der Waals surface area contributed by atoms with Crippen molar-refractivity contribution in [2.45, 2.75) is 51.1 Å². The lowest BCUT2D eigenvalue weighted by Gasteiger charge is -2.34. The Kier molecular flexibility index (Phi) is 4.04. The lowest BCUT2D eigenvalue weighted by atomic mass is 9.76. The second-order valence-corrected chi connectivity index (χ2v) is 6.64. The number of aliphatic imine (C=N–C) groups is 1. The van der Waals surface area contributed by atoms with Crippen LogP contribution in [0.4, 0.5) is 0 Å². The van der Waals surface area contributed by atoms with Gasteiger partial charge in [-0.1, -0.05) is 29.8 Å². The molecule has 2 rings (SSSR count). The van der Waals surface area contributed by atoms with Gasteiger partial charge in [0.2, 0.25) is 0 Å². The molecule has 1 aromatic rings. The van der Waals surface area contributed by atoms with Crippen molar-refractivity contribution in [3.8, 4) is 0 Å². The van der Waals surface area contributed by atoms with Crippen molar-refractivity contribution >= 4 is 17.6 Å². The maximum Gasteiger partial charge on any atom is 0.189 e. The highest BCUT2D eigenvalue weighted by Crippen LogP contribution is 2.41. The van der Waals surface area contributed by atoms with Gasteiger partial charge in [-0.05, 0) is 51.2 Å². The molecule has 0 spiro atoms. The van der Waals surface area contributed by atoms with E-state index in [2.05, 4.69) is 37.1 Å². The van der Waals surface area contributed by atoms with Crippen LogP contribution in [0, 0.1) is 0 Å². The Bertz CT molecular complexity index is 471. The van der Waals surface area contributed by atoms with E-state index in [1.54, 1.807) is 0 Å². The molecule has 0 unspecified atom stereocenters. The predicted molar refractivity (Wildman–Crippen MR) is 81.7 cm³/mol. The van der Waals surface area contributed by atoms with Gasteiger partial charge in [-0.15, -0.1) is 0 Å². The zero-order valence-electron chi connectivity index (χ0n) is 11.8. The quantitative estimate of drug-likeness (QED) is 0.645. The van der Waals surface area contributed by atoms with Gasteiger partial charge in [0, 0.05) is 10.6 Å². The average Bonchev–Trinajstić information content (AvgIpc) is 2.22. The zero-order chi connectivity index (χ0) is 14.0. The minimum Gasteiger partial charge on any atom is -0.370 e. The molecule has 3 nitrogen and oxygen atoms in total. The number of halogens is 1. The molecule has 1 aromatic carbocycles. The molecule has 1 aliphatic carbocycles. The Morgan fingerprint density at radius 2 is 1.95 bits per heavy atom. The predicted octanol–water partition coefficient (Wildman–Crippen LogP) is 3.29. The molecule has 0 saturated heterocycles. The Balaban J connectivity index is 1.90. The van der Waals surface area contributed by atoms with Crippen LogP contribution in [0.1, 0.15) is 45.1 Å². The molecule has 0 aromatic heterocycles. The van der Waals surface area contributed by atoms with Gasteiger partial charge >= 0.3 is 0 Å². The largest absolute Gasteiger partial charge is 0.370 e. The molecule has 0 bridgehead atoms. The highest BCUT2D eigenvalue weighted by molar-refractivity contribution is 6.31. The van der Waals surface area contributed by atoms with Gasteiger partial charge in [-0.3, -0.25) is 4.99 Å². The SMILES string of the molecule is CC(C)(C)NC(N)=NC1CC(c2ccccc2Cl)C1. The monoisotopic (exact) mass is 279 g/mol. The van der Waals surface area contributed by atoms with E-state index in [4.69, 9.17) is 17.3 Å². The van der Waals surface area contributed by atoms with Crippen molar-refractivity contribution in [1.29, 1.82) is 0 Å². The molecular weight excluding hydrogens is 258 g/mol. The van der Waals surface area contributed by atoms with Crippen molar-refractivity contribution < 1.29 is 0 Å². The van der Waals surface area contributed by atoms with E-state index < -0.39 is 0 Å². The summed E-state index contributed by atoms with van der Waals surface area (Å²) >= 11 is 6.20. The second-order valence-electron chi connectivity index (χ2n) is 6.23. The van der Waals surface area contributed by atoms with Crippen molar-refractivity contribution in [3.05, 3.63) is 34.9 Å². The van der Waals surface area contributed by atoms with Gasteiger partial charge in [-0.25, -0.2) is 0 Å². The summed E-state index contributed by atoms with van der Waals surface area (Å²) in [5.41, 5.74) is 7.09. The number of benzene rings is 1. The normalized spacial score (nSPS) is 23.9. The van der Waals surface area contributed by atoms with Gasteiger partial charge in [0.25, 0.3) is 0 Å². The molecule has 0 atom stereocenters. The number of hydrogen-bond acceptors (Lipinski definition) is 1. The number of hydrogen-bond donors (Lipinski definition) is 2. The summed E-state index contributed by atoms with van der Waals surface area (Å²) in [6, 6.07) is 8.36. The molecule has 3 N–H and O–H groups in total. The lowest BCUT2D eigenvalue weighted by Crippen LogP contribution is -2.46. The Hall–Kier alpha value is -1.22. The molecule has 0 aliphatic heterocycles. The third-order valence-corrected chi connectivity index (χ3v) is 3.63. The molecule has 19 heavy (non-hydrogen) atoms. The van der Waals surface area contributed by atoms with E-state index in [-0.39, 0.29) is 5.54 Å². The Morgan fingerprint density at radius 1 is 1.32 bits per heavy atom. The molecule has 0 amide bonds. The second kappa shape index (κ2) is 5.41. The summed E-state index contributed by atoms with van der Waals surface area (Å²) in [5, 5.41) is 4.04. The molecule has 0 heterocycles. The maximum absolute atomic E-state index is 6.20. The molecule has 1 saturated carbocycles. The first kappa shape index (κ1) is 14.2. The van der Waals surface area contributed by atoms with E-state index in [1.807, 2.05) is 18.2 Å². The zero-order valence-corrected chi connectivity index (χ0v) is 12.5. The van der Waals surface area contributed by atoms with E-state index in [0.29, 0.717) is 17.9 Å². The smallest absolute Gasteiger partial charge is 0.189 e. The Labute approximate surface area is 120 Å². The van der Waals surface area contributed by atoms with Gasteiger partial charge in [-0.2, -0.15) is 0 Å². The van der Waals surface area contributed by atoms with Crippen molar-refractivity contribution in [3.63, 3.8) is 0 Å². The van der Waals surface area contributed by atoms with E-state index >= 15 is 0 Å². The third-order valence-electron chi connectivity index (χ3n) is 3.28. The van der Waals surface area contributed by atoms with Gasteiger partial charge in [0.15, 0.2) is 5.96 Å². The van der Waals surface area contributed by atoms with Crippen LogP contribution in [-0.2, 0) is 0 Å². The highest BCUT2D eigenvalue weighted by atomic mass is 35.5. The summed E-state index contributed by atoms with van der Waals surface area (Å²) in [7, 11) is 0. The van der Waals surface area contributed by atoms with Crippen LogP contribution in [0.2, 0.25) is 5.02 Å². The van der Waals surface area contributed by atoms with E-state index in [0.717, 1.165) is 17.9 Å². The van der Waals surface area contributed by atoms with Crippen molar-refractivity contribution in [1.82, 2.24) is 5.32 Å². The highest BCUT2D eigenvalue weighted by Gasteiger charge is 2.31. The van der Waals surface area contributed by atoms with Crippen LogP contribution < -0.4 is 11.1 Å².